The van der Waals surface area contributed by atoms with E-state index in [0.29, 0.717) is 17.5 Å². The van der Waals surface area contributed by atoms with Gasteiger partial charge in [-0.05, 0) is 25.0 Å². The minimum absolute atomic E-state index is 0.133. The molecule has 9 nitrogen and oxygen atoms in total. The van der Waals surface area contributed by atoms with Gasteiger partial charge in [-0.3, -0.25) is 24.6 Å². The van der Waals surface area contributed by atoms with Crippen LogP contribution in [-0.2, 0) is 15.1 Å². The predicted octanol–water partition coefficient (Wildman–Crippen LogP) is 2.70. The number of carbonyl (C=O) groups is 3. The van der Waals surface area contributed by atoms with Gasteiger partial charge in [-0.15, -0.1) is 0 Å². The van der Waals surface area contributed by atoms with Crippen molar-refractivity contribution in [2.24, 2.45) is 0 Å². The molecule has 29 heavy (non-hydrogen) atoms. The van der Waals surface area contributed by atoms with Crippen molar-refractivity contribution in [3.05, 3.63) is 69.8 Å². The normalized spacial score (nSPS) is 18.5. The summed E-state index contributed by atoms with van der Waals surface area (Å²) in [5, 5.41) is 16.3. The molecule has 0 unspecified atom stereocenters. The molecule has 0 radical (unpaired) electrons. The van der Waals surface area contributed by atoms with E-state index in [2.05, 4.69) is 10.6 Å². The Balaban J connectivity index is 1.77. The molecule has 1 fully saturated rings. The molecular weight excluding hydrogens is 376 g/mol. The number of carbonyl (C=O) groups excluding carboxylic acids is 3. The smallest absolute Gasteiger partial charge is 0.324 e. The summed E-state index contributed by atoms with van der Waals surface area (Å²) in [5.74, 6) is -1.15. The Morgan fingerprint density at radius 2 is 1.90 bits per heavy atom. The first kappa shape index (κ1) is 20.0. The monoisotopic (exact) mass is 396 g/mol. The number of amides is 4. The Hall–Kier alpha value is -3.75. The average Bonchev–Trinajstić information content (AvgIpc) is 2.95. The summed E-state index contributed by atoms with van der Waals surface area (Å²) in [5.41, 5.74) is -0.0481. The molecule has 0 aliphatic carbocycles. The molecule has 2 aromatic rings. The van der Waals surface area contributed by atoms with Gasteiger partial charge in [-0.2, -0.15) is 0 Å². The van der Waals surface area contributed by atoms with Crippen LogP contribution >= 0.6 is 0 Å². The van der Waals surface area contributed by atoms with Gasteiger partial charge >= 0.3 is 6.03 Å². The van der Waals surface area contributed by atoms with E-state index in [9.17, 15) is 24.5 Å². The van der Waals surface area contributed by atoms with E-state index in [1.807, 2.05) is 0 Å². The van der Waals surface area contributed by atoms with Crippen LogP contribution in [0.4, 0.5) is 16.2 Å². The van der Waals surface area contributed by atoms with Gasteiger partial charge in [-0.1, -0.05) is 43.3 Å². The number of nitro groups is 1. The van der Waals surface area contributed by atoms with Crippen LogP contribution in [0.15, 0.2) is 48.5 Å². The van der Waals surface area contributed by atoms with Crippen molar-refractivity contribution in [2.75, 3.05) is 11.9 Å². The molecule has 0 spiro atoms. The summed E-state index contributed by atoms with van der Waals surface area (Å²) in [4.78, 5) is 49.2. The third kappa shape index (κ3) is 3.66. The van der Waals surface area contributed by atoms with E-state index < -0.39 is 34.9 Å². The van der Waals surface area contributed by atoms with Crippen LogP contribution in [0.2, 0.25) is 0 Å². The first-order valence-corrected chi connectivity index (χ1v) is 9.03. The molecule has 1 atom stereocenters. The molecule has 1 saturated heterocycles. The molecule has 0 saturated carbocycles. The highest BCUT2D eigenvalue weighted by molar-refractivity contribution is 6.10. The van der Waals surface area contributed by atoms with Gasteiger partial charge in [0.25, 0.3) is 11.6 Å². The fourth-order valence-corrected chi connectivity index (χ4v) is 3.36. The SMILES string of the molecule is CC[C@]1(c2ccccc2)NC(=O)N(CC(=O)Nc2ccc(C)c([N+](=O)[O-])c2)C1=O. The lowest BCUT2D eigenvalue weighted by atomic mass is 9.87. The number of anilines is 1. The van der Waals surface area contributed by atoms with Crippen LogP contribution in [0.5, 0.6) is 0 Å². The van der Waals surface area contributed by atoms with Gasteiger partial charge in [0.05, 0.1) is 4.92 Å². The van der Waals surface area contributed by atoms with Crippen molar-refractivity contribution >= 4 is 29.2 Å². The van der Waals surface area contributed by atoms with Crippen molar-refractivity contribution in [2.45, 2.75) is 25.8 Å². The third-order valence-electron chi connectivity index (χ3n) is 4.96. The van der Waals surface area contributed by atoms with E-state index in [0.717, 1.165) is 4.90 Å². The maximum atomic E-state index is 13.0. The molecule has 3 rings (SSSR count). The van der Waals surface area contributed by atoms with Crippen LogP contribution in [0.25, 0.3) is 0 Å². The predicted molar refractivity (Wildman–Crippen MR) is 105 cm³/mol. The largest absolute Gasteiger partial charge is 0.325 e. The summed E-state index contributed by atoms with van der Waals surface area (Å²) in [6, 6.07) is 12.4. The van der Waals surface area contributed by atoms with Gasteiger partial charge in [-0.25, -0.2) is 4.79 Å². The number of nitrogens with zero attached hydrogens (tertiary/aromatic N) is 2. The fourth-order valence-electron chi connectivity index (χ4n) is 3.36. The van der Waals surface area contributed by atoms with Crippen molar-refractivity contribution in [3.8, 4) is 0 Å². The third-order valence-corrected chi connectivity index (χ3v) is 4.96. The highest BCUT2D eigenvalue weighted by atomic mass is 16.6. The Morgan fingerprint density at radius 3 is 2.52 bits per heavy atom. The number of hydrogen-bond donors (Lipinski definition) is 2. The zero-order chi connectivity index (χ0) is 21.2. The lowest BCUT2D eigenvalue weighted by molar-refractivity contribution is -0.385. The number of benzene rings is 2. The van der Waals surface area contributed by atoms with Crippen molar-refractivity contribution in [1.82, 2.24) is 10.2 Å². The summed E-state index contributed by atoms with van der Waals surface area (Å²) < 4.78 is 0. The van der Waals surface area contributed by atoms with Gasteiger partial charge in [0, 0.05) is 17.3 Å². The quantitative estimate of drug-likeness (QED) is 0.442. The van der Waals surface area contributed by atoms with Crippen molar-refractivity contribution in [3.63, 3.8) is 0 Å². The lowest BCUT2D eigenvalue weighted by Crippen LogP contribution is -2.44. The molecule has 150 valence electrons. The number of nitrogens with one attached hydrogen (secondary N) is 2. The van der Waals surface area contributed by atoms with E-state index >= 15 is 0 Å². The maximum Gasteiger partial charge on any atom is 0.325 e. The second kappa shape index (κ2) is 7.70. The Kier molecular flexibility index (Phi) is 5.31. The molecule has 2 N–H and O–H groups in total. The van der Waals surface area contributed by atoms with Crippen LogP contribution < -0.4 is 10.6 Å². The topological polar surface area (TPSA) is 122 Å². The van der Waals surface area contributed by atoms with Crippen LogP contribution in [0.3, 0.4) is 0 Å². The lowest BCUT2D eigenvalue weighted by Gasteiger charge is -2.25. The molecule has 0 aromatic heterocycles. The Bertz CT molecular complexity index is 992. The molecular formula is C20H20N4O5. The summed E-state index contributed by atoms with van der Waals surface area (Å²) in [7, 11) is 0. The standard InChI is InChI=1S/C20H20N4O5/c1-3-20(14-7-5-4-6-8-14)18(26)23(19(27)22-20)12-17(25)21-15-10-9-13(2)16(11-15)24(28)29/h4-11H,3,12H2,1-2H3,(H,21,25)(H,22,27)/t20-/m1/s1. The molecule has 4 amide bonds. The van der Waals surface area contributed by atoms with Gasteiger partial charge in [0.15, 0.2) is 0 Å². The van der Waals surface area contributed by atoms with Crippen molar-refractivity contribution < 1.29 is 19.3 Å². The number of nitro benzene ring substituents is 1. The summed E-state index contributed by atoms with van der Waals surface area (Å²) >= 11 is 0. The second-order valence-corrected chi connectivity index (χ2v) is 6.75. The number of urea groups is 1. The Labute approximate surface area is 166 Å². The van der Waals surface area contributed by atoms with E-state index in [4.69, 9.17) is 0 Å². The number of hydrogen-bond acceptors (Lipinski definition) is 5. The van der Waals surface area contributed by atoms with Gasteiger partial charge in [0.2, 0.25) is 5.91 Å². The van der Waals surface area contributed by atoms with E-state index in [-0.39, 0.29) is 11.4 Å². The number of imide groups is 1. The number of aryl methyl sites for hydroxylation is 1. The minimum atomic E-state index is -1.22. The van der Waals surface area contributed by atoms with Gasteiger partial charge < -0.3 is 10.6 Å². The van der Waals surface area contributed by atoms with Crippen LogP contribution in [-0.4, -0.2) is 34.2 Å². The van der Waals surface area contributed by atoms with E-state index in [1.54, 1.807) is 44.2 Å². The molecule has 1 heterocycles. The van der Waals surface area contributed by atoms with Crippen LogP contribution in [0, 0.1) is 17.0 Å². The highest BCUT2D eigenvalue weighted by Gasteiger charge is 2.51. The zero-order valence-corrected chi connectivity index (χ0v) is 16.0. The van der Waals surface area contributed by atoms with Crippen molar-refractivity contribution in [1.29, 1.82) is 0 Å². The first-order valence-electron chi connectivity index (χ1n) is 9.03. The van der Waals surface area contributed by atoms with Gasteiger partial charge in [0.1, 0.15) is 12.1 Å². The maximum absolute atomic E-state index is 13.0. The molecule has 1 aliphatic heterocycles. The Morgan fingerprint density at radius 1 is 1.21 bits per heavy atom. The molecule has 2 aromatic carbocycles. The first-order chi connectivity index (χ1) is 13.8. The molecule has 0 bridgehead atoms. The number of rotatable bonds is 6. The average molecular weight is 396 g/mol. The zero-order valence-electron chi connectivity index (χ0n) is 16.0. The second-order valence-electron chi connectivity index (χ2n) is 6.75. The molecule has 1 aliphatic rings. The fraction of sp³-hybridized carbons (Fsp3) is 0.250. The summed E-state index contributed by atoms with van der Waals surface area (Å²) in [6.45, 7) is 2.87. The molecule has 9 heteroatoms. The highest BCUT2D eigenvalue weighted by Crippen LogP contribution is 2.32. The minimum Gasteiger partial charge on any atom is -0.324 e. The summed E-state index contributed by atoms with van der Waals surface area (Å²) in [6.07, 6.45) is 0.323. The van der Waals surface area contributed by atoms with E-state index in [1.165, 1.54) is 18.2 Å². The van der Waals surface area contributed by atoms with Crippen LogP contribution in [0.1, 0.15) is 24.5 Å².